The molecule has 3 unspecified atom stereocenters. The molecule has 5 heterocycles. The Balaban J connectivity index is 1.62. The first-order valence-corrected chi connectivity index (χ1v) is 11.1. The van der Waals surface area contributed by atoms with E-state index in [0.29, 0.717) is 0 Å². The third-order valence-corrected chi connectivity index (χ3v) is 6.62. The van der Waals surface area contributed by atoms with E-state index in [1.807, 2.05) is 0 Å². The fourth-order valence-corrected chi connectivity index (χ4v) is 5.33. The van der Waals surface area contributed by atoms with Crippen LogP contribution in [0.15, 0.2) is 9.53 Å². The number of ether oxygens (including phenoxy) is 1. The van der Waals surface area contributed by atoms with Crippen molar-refractivity contribution in [1.82, 2.24) is 19.1 Å². The van der Waals surface area contributed by atoms with E-state index < -0.39 is 36.8 Å². The molecular weight excluding hydrogens is 469 g/mol. The standard InChI is InChI=1S/C12H11BrN5O7PS/c13-11-15-5-8(16-12-14-4(19)1-17(12)9(5)21)18(11)10-6(20)7-3(24-10)2-23-26(22,27)25-7/h3,6-7,10,20H,1-2H2,(H,22,27)(H,14,16,19)/p-1/t3?,6?,7-,10-,26?/m1/s1. The van der Waals surface area contributed by atoms with Gasteiger partial charge in [0.25, 0.3) is 5.56 Å². The van der Waals surface area contributed by atoms with Gasteiger partial charge in [0.15, 0.2) is 22.1 Å². The number of nitrogens with one attached hydrogen (secondary N) is 1. The molecule has 27 heavy (non-hydrogen) atoms. The van der Waals surface area contributed by atoms with Crippen molar-refractivity contribution >= 4 is 57.5 Å². The largest absolute Gasteiger partial charge is 0.780 e. The predicted octanol–water partition coefficient (Wildman–Crippen LogP) is -1.43. The maximum Gasteiger partial charge on any atom is 0.283 e. The minimum Gasteiger partial charge on any atom is -0.780 e. The lowest BCUT2D eigenvalue weighted by atomic mass is 10.1. The lowest BCUT2D eigenvalue weighted by molar-refractivity contribution is -0.227. The molecule has 15 heteroatoms. The lowest BCUT2D eigenvalue weighted by Crippen LogP contribution is -2.41. The van der Waals surface area contributed by atoms with E-state index in [1.54, 1.807) is 0 Å². The van der Waals surface area contributed by atoms with Gasteiger partial charge in [-0.15, -0.1) is 0 Å². The number of amides is 1. The Bertz CT molecular complexity index is 1100. The molecule has 0 spiro atoms. The molecule has 1 amide bonds. The van der Waals surface area contributed by atoms with Gasteiger partial charge in [-0.2, -0.15) is 4.98 Å². The highest BCUT2D eigenvalue weighted by Gasteiger charge is 2.50. The highest BCUT2D eigenvalue weighted by atomic mass is 79.9. The number of nitrogens with zero attached hydrogens (tertiary/aromatic N) is 4. The molecule has 0 bridgehead atoms. The Labute approximate surface area is 163 Å². The number of imidazole rings is 1. The van der Waals surface area contributed by atoms with Crippen molar-refractivity contribution in [2.45, 2.75) is 31.1 Å². The second kappa shape index (κ2) is 5.87. The molecule has 2 N–H and O–H groups in total. The molecule has 2 saturated heterocycles. The lowest BCUT2D eigenvalue weighted by Gasteiger charge is -2.38. The van der Waals surface area contributed by atoms with Gasteiger partial charge in [-0.1, -0.05) is 11.8 Å². The topological polar surface area (TPSA) is 153 Å². The van der Waals surface area contributed by atoms with Gasteiger partial charge >= 0.3 is 0 Å². The van der Waals surface area contributed by atoms with Crippen LogP contribution in [0.4, 0.5) is 5.95 Å². The third-order valence-electron chi connectivity index (χ3n) is 4.52. The van der Waals surface area contributed by atoms with Crippen LogP contribution in [-0.4, -0.2) is 55.0 Å². The molecule has 5 rings (SSSR count). The van der Waals surface area contributed by atoms with Crippen LogP contribution in [0.1, 0.15) is 6.23 Å². The summed E-state index contributed by atoms with van der Waals surface area (Å²) in [6, 6.07) is 0. The van der Waals surface area contributed by atoms with E-state index in [4.69, 9.17) is 25.6 Å². The summed E-state index contributed by atoms with van der Waals surface area (Å²) < 4.78 is 18.6. The number of rotatable bonds is 1. The number of aliphatic hydroxyl groups is 1. The smallest absolute Gasteiger partial charge is 0.283 e. The number of aliphatic hydroxyl groups excluding tert-OH is 1. The first-order chi connectivity index (χ1) is 12.7. The number of carbonyl (C=O) groups excluding carboxylic acids is 1. The molecule has 0 aromatic carbocycles. The Morgan fingerprint density at radius 1 is 1.41 bits per heavy atom. The van der Waals surface area contributed by atoms with Crippen LogP contribution < -0.4 is 15.8 Å². The Hall–Kier alpha value is -1.25. The number of halogens is 1. The molecule has 3 aliphatic heterocycles. The highest BCUT2D eigenvalue weighted by Crippen LogP contribution is 2.50. The van der Waals surface area contributed by atoms with Gasteiger partial charge in [-0.25, -0.2) is 4.98 Å². The van der Waals surface area contributed by atoms with E-state index in [-0.39, 0.29) is 40.9 Å². The number of carbonyl (C=O) groups is 1. The fraction of sp³-hybridized carbons (Fsp3) is 0.500. The summed E-state index contributed by atoms with van der Waals surface area (Å²) in [7, 11) is 0. The maximum atomic E-state index is 12.6. The van der Waals surface area contributed by atoms with Crippen molar-refractivity contribution in [3.63, 3.8) is 0 Å². The molecule has 5 atom stereocenters. The maximum absolute atomic E-state index is 12.6. The van der Waals surface area contributed by atoms with Gasteiger partial charge in [0.1, 0.15) is 31.6 Å². The second-order valence-corrected chi connectivity index (χ2v) is 9.58. The highest BCUT2D eigenvalue weighted by molar-refractivity contribution is 9.10. The number of aromatic nitrogens is 4. The SMILES string of the molecule is O=C1Cn2c(nc3c(nc(Br)n3[C@@H]3OC4COP([O-])(=S)O[C@H]4C3O)c2=O)N1. The zero-order valence-corrected chi connectivity index (χ0v) is 16.4. The van der Waals surface area contributed by atoms with Crippen LogP contribution in [-0.2, 0) is 36.9 Å². The number of anilines is 1. The van der Waals surface area contributed by atoms with Crippen molar-refractivity contribution in [1.29, 1.82) is 0 Å². The molecule has 3 aliphatic rings. The van der Waals surface area contributed by atoms with E-state index in [1.165, 1.54) is 9.13 Å². The third kappa shape index (κ3) is 2.63. The quantitative estimate of drug-likeness (QED) is 0.368. The minimum absolute atomic E-state index is 0.00101. The summed E-state index contributed by atoms with van der Waals surface area (Å²) in [5.74, 6) is -0.293. The van der Waals surface area contributed by atoms with Crippen LogP contribution in [0.3, 0.4) is 0 Å². The van der Waals surface area contributed by atoms with Crippen molar-refractivity contribution in [3.05, 3.63) is 15.1 Å². The fourth-order valence-electron chi connectivity index (χ4n) is 3.35. The van der Waals surface area contributed by atoms with Crippen LogP contribution in [0.5, 0.6) is 0 Å². The summed E-state index contributed by atoms with van der Waals surface area (Å²) in [5, 5.41) is 13.1. The average Bonchev–Trinajstić information content (AvgIpc) is 3.22. The van der Waals surface area contributed by atoms with Crippen molar-refractivity contribution in [2.75, 3.05) is 11.9 Å². The number of hydrogen-bond acceptors (Lipinski definition) is 10. The van der Waals surface area contributed by atoms with Gasteiger partial charge in [0.05, 0.1) is 6.61 Å². The first kappa shape index (κ1) is 17.8. The second-order valence-electron chi connectivity index (χ2n) is 6.17. The van der Waals surface area contributed by atoms with Gasteiger partial charge < -0.3 is 23.8 Å². The van der Waals surface area contributed by atoms with Gasteiger partial charge in [0.2, 0.25) is 11.9 Å². The summed E-state index contributed by atoms with van der Waals surface area (Å²) in [6.07, 6.45) is -4.00. The Morgan fingerprint density at radius 3 is 2.96 bits per heavy atom. The summed E-state index contributed by atoms with van der Waals surface area (Å²) in [5.41, 5.74) is -0.406. The summed E-state index contributed by atoms with van der Waals surface area (Å²) >= 11 is 7.96. The summed E-state index contributed by atoms with van der Waals surface area (Å²) in [6.45, 7) is -3.94. The molecule has 2 aromatic rings. The molecule has 0 saturated carbocycles. The normalized spacial score (nSPS) is 35.3. The first-order valence-electron chi connectivity index (χ1n) is 7.71. The average molecular weight is 479 g/mol. The molecule has 2 aromatic heterocycles. The molecule has 0 aliphatic carbocycles. The number of fused-ring (bicyclic) bond motifs is 3. The van der Waals surface area contributed by atoms with Gasteiger partial charge in [-0.05, 0) is 15.9 Å². The van der Waals surface area contributed by atoms with E-state index >= 15 is 0 Å². The monoisotopic (exact) mass is 478 g/mol. The van der Waals surface area contributed by atoms with Crippen LogP contribution >= 0.6 is 22.6 Å². The molecular formula is C12H10BrN5O7PS-. The van der Waals surface area contributed by atoms with Crippen LogP contribution in [0, 0.1) is 0 Å². The molecule has 2 fully saturated rings. The van der Waals surface area contributed by atoms with Crippen LogP contribution in [0.25, 0.3) is 11.2 Å². The predicted molar refractivity (Wildman–Crippen MR) is 93.1 cm³/mol. The Morgan fingerprint density at radius 2 is 2.19 bits per heavy atom. The molecule has 0 radical (unpaired) electrons. The zero-order valence-electron chi connectivity index (χ0n) is 13.1. The van der Waals surface area contributed by atoms with Gasteiger partial charge in [0, 0.05) is 0 Å². The van der Waals surface area contributed by atoms with E-state index in [9.17, 15) is 19.6 Å². The van der Waals surface area contributed by atoms with E-state index in [2.05, 4.69) is 31.2 Å². The van der Waals surface area contributed by atoms with Gasteiger partial charge in [-0.3, -0.25) is 24.0 Å². The minimum atomic E-state index is -3.69. The van der Waals surface area contributed by atoms with E-state index in [0.717, 1.165) is 0 Å². The zero-order chi connectivity index (χ0) is 19.1. The molecule has 144 valence electrons. The number of hydrogen-bond donors (Lipinski definition) is 2. The summed E-state index contributed by atoms with van der Waals surface area (Å²) in [4.78, 5) is 44.5. The van der Waals surface area contributed by atoms with Crippen molar-refractivity contribution in [3.8, 4) is 0 Å². The van der Waals surface area contributed by atoms with Crippen LogP contribution in [0.2, 0.25) is 0 Å². The van der Waals surface area contributed by atoms with Crippen molar-refractivity contribution < 1.29 is 28.6 Å². The van der Waals surface area contributed by atoms with Crippen molar-refractivity contribution in [2.24, 2.45) is 0 Å². The molecule has 12 nitrogen and oxygen atoms in total. The Kier molecular flexibility index (Phi) is 3.88.